The molecule has 1 amide bonds. The summed E-state index contributed by atoms with van der Waals surface area (Å²) in [5.41, 5.74) is -0.632. The number of rotatable bonds is 8. The lowest BCUT2D eigenvalue weighted by Gasteiger charge is -2.31. The van der Waals surface area contributed by atoms with Crippen molar-refractivity contribution in [2.24, 2.45) is 0 Å². The van der Waals surface area contributed by atoms with E-state index >= 15 is 0 Å². The van der Waals surface area contributed by atoms with E-state index in [0.29, 0.717) is 13.0 Å². The lowest BCUT2D eigenvalue weighted by Crippen LogP contribution is -2.48. The molecule has 0 heterocycles. The number of methoxy groups -OCH3 is 1. The van der Waals surface area contributed by atoms with Gasteiger partial charge in [0.05, 0.1) is 6.61 Å². The number of esters is 1. The van der Waals surface area contributed by atoms with Crippen LogP contribution in [0.4, 0.5) is 4.79 Å². The highest BCUT2D eigenvalue weighted by Crippen LogP contribution is 2.16. The number of carbonyl (C=O) groups is 2. The Morgan fingerprint density at radius 1 is 1.14 bits per heavy atom. The normalized spacial score (nSPS) is 12.7. The number of amides is 1. The summed E-state index contributed by atoms with van der Waals surface area (Å²) >= 11 is 0. The van der Waals surface area contributed by atoms with Crippen LogP contribution < -0.4 is 0 Å². The highest BCUT2D eigenvalue weighted by molar-refractivity contribution is 5.81. The third kappa shape index (κ3) is 7.90. The molecule has 1 atom stereocenters. The molecule has 0 bridgehead atoms. The van der Waals surface area contributed by atoms with Crippen molar-refractivity contribution in [3.05, 3.63) is 0 Å². The van der Waals surface area contributed by atoms with Crippen LogP contribution in [0.1, 0.15) is 53.9 Å². The van der Waals surface area contributed by atoms with Gasteiger partial charge in [0.1, 0.15) is 18.4 Å². The Morgan fingerprint density at radius 3 is 2.19 bits per heavy atom. The smallest absolute Gasteiger partial charge is 0.412 e. The maximum Gasteiger partial charge on any atom is 0.412 e. The molecule has 0 rings (SSSR count). The largest absolute Gasteiger partial charge is 0.464 e. The maximum atomic E-state index is 12.3. The predicted molar refractivity (Wildman–Crippen MR) is 79.9 cm³/mol. The minimum absolute atomic E-state index is 0.0131. The molecule has 124 valence electrons. The van der Waals surface area contributed by atoms with E-state index < -0.39 is 23.7 Å². The highest BCUT2D eigenvalue weighted by Gasteiger charge is 2.33. The zero-order valence-corrected chi connectivity index (χ0v) is 14.1. The molecule has 0 aromatic rings. The summed E-state index contributed by atoms with van der Waals surface area (Å²) in [6.45, 7) is 9.53. The first-order chi connectivity index (χ1) is 9.76. The van der Waals surface area contributed by atoms with Gasteiger partial charge in [0.2, 0.25) is 0 Å². The van der Waals surface area contributed by atoms with Gasteiger partial charge in [-0.1, -0.05) is 20.3 Å². The fourth-order valence-corrected chi connectivity index (χ4v) is 1.70. The number of carbonyl (C=O) groups excluding carboxylic acids is 2. The summed E-state index contributed by atoms with van der Waals surface area (Å²) in [6.07, 6.45) is 1.41. The highest BCUT2D eigenvalue weighted by atomic mass is 16.6. The second kappa shape index (κ2) is 9.60. The van der Waals surface area contributed by atoms with Crippen LogP contribution in [0.25, 0.3) is 0 Å². The first-order valence-corrected chi connectivity index (χ1v) is 7.42. The van der Waals surface area contributed by atoms with E-state index in [2.05, 4.69) is 0 Å². The first kappa shape index (κ1) is 19.7. The Morgan fingerprint density at radius 2 is 1.76 bits per heavy atom. The molecule has 0 fully saturated rings. The van der Waals surface area contributed by atoms with Gasteiger partial charge in [-0.3, -0.25) is 4.90 Å². The van der Waals surface area contributed by atoms with Crippen molar-refractivity contribution in [2.45, 2.75) is 65.5 Å². The van der Waals surface area contributed by atoms with Crippen molar-refractivity contribution < 1.29 is 23.8 Å². The van der Waals surface area contributed by atoms with Crippen molar-refractivity contribution in [1.29, 1.82) is 0 Å². The van der Waals surface area contributed by atoms with E-state index in [-0.39, 0.29) is 6.73 Å². The third-order valence-electron chi connectivity index (χ3n) is 2.56. The van der Waals surface area contributed by atoms with Crippen LogP contribution in [0, 0.1) is 0 Å². The number of nitrogens with zero attached hydrogens (tertiary/aromatic N) is 1. The van der Waals surface area contributed by atoms with Crippen LogP contribution in [0.3, 0.4) is 0 Å². The quantitative estimate of drug-likeness (QED) is 0.509. The third-order valence-corrected chi connectivity index (χ3v) is 2.56. The summed E-state index contributed by atoms with van der Waals surface area (Å²) in [7, 11) is 1.47. The van der Waals surface area contributed by atoms with Crippen LogP contribution in [-0.4, -0.2) is 49.1 Å². The molecule has 21 heavy (non-hydrogen) atoms. The van der Waals surface area contributed by atoms with Crippen molar-refractivity contribution in [3.63, 3.8) is 0 Å². The second-order valence-electron chi connectivity index (χ2n) is 5.84. The molecule has 0 aliphatic carbocycles. The molecule has 0 aliphatic heterocycles. The van der Waals surface area contributed by atoms with E-state index in [9.17, 15) is 9.59 Å². The van der Waals surface area contributed by atoms with E-state index in [1.165, 1.54) is 12.0 Å². The van der Waals surface area contributed by atoms with E-state index in [1.807, 2.05) is 13.8 Å². The average molecular weight is 303 g/mol. The Balaban J connectivity index is 5.04. The molecule has 0 unspecified atom stereocenters. The Kier molecular flexibility index (Phi) is 9.01. The monoisotopic (exact) mass is 303 g/mol. The second-order valence-corrected chi connectivity index (χ2v) is 5.84. The summed E-state index contributed by atoms with van der Waals surface area (Å²) in [6, 6.07) is -0.684. The zero-order chi connectivity index (χ0) is 16.5. The summed E-state index contributed by atoms with van der Waals surface area (Å²) < 4.78 is 15.5. The number of ether oxygens (including phenoxy) is 3. The lowest BCUT2D eigenvalue weighted by molar-refractivity contribution is -0.152. The van der Waals surface area contributed by atoms with Gasteiger partial charge in [0.15, 0.2) is 0 Å². The topological polar surface area (TPSA) is 65.1 Å². The van der Waals surface area contributed by atoms with E-state index in [0.717, 1.165) is 12.8 Å². The average Bonchev–Trinajstić information content (AvgIpc) is 2.38. The Bertz CT molecular complexity index is 325. The van der Waals surface area contributed by atoms with E-state index in [1.54, 1.807) is 20.8 Å². The minimum Gasteiger partial charge on any atom is -0.464 e. The van der Waals surface area contributed by atoms with Crippen molar-refractivity contribution in [1.82, 2.24) is 4.90 Å². The van der Waals surface area contributed by atoms with Crippen LogP contribution >= 0.6 is 0 Å². The number of hydrogen-bond acceptors (Lipinski definition) is 5. The van der Waals surface area contributed by atoms with Crippen LogP contribution in [0.15, 0.2) is 0 Å². The Labute approximate surface area is 127 Å². The van der Waals surface area contributed by atoms with Gasteiger partial charge in [-0.05, 0) is 33.6 Å². The molecule has 0 aromatic heterocycles. The SMILES string of the molecule is CCCOC(=O)[C@H](CCC)N(COC)C(=O)OC(C)(C)C. The zero-order valence-electron chi connectivity index (χ0n) is 14.1. The fourth-order valence-electron chi connectivity index (χ4n) is 1.70. The minimum atomic E-state index is -0.684. The predicted octanol–water partition coefficient (Wildman–Crippen LogP) is 2.95. The molecule has 0 radical (unpaired) electrons. The Hall–Kier alpha value is -1.30. The van der Waals surface area contributed by atoms with Crippen LogP contribution in [-0.2, 0) is 19.0 Å². The lowest BCUT2D eigenvalue weighted by atomic mass is 10.1. The number of hydrogen-bond donors (Lipinski definition) is 0. The molecule has 0 saturated heterocycles. The molecular formula is C15H29NO5. The summed E-state index contributed by atoms with van der Waals surface area (Å²) in [5.74, 6) is -0.415. The van der Waals surface area contributed by atoms with Gasteiger partial charge in [-0.15, -0.1) is 0 Å². The fraction of sp³-hybridized carbons (Fsp3) is 0.867. The maximum absolute atomic E-state index is 12.3. The van der Waals surface area contributed by atoms with Gasteiger partial charge in [-0.25, -0.2) is 9.59 Å². The van der Waals surface area contributed by atoms with Gasteiger partial charge < -0.3 is 14.2 Å². The molecular weight excluding hydrogens is 274 g/mol. The summed E-state index contributed by atoms with van der Waals surface area (Å²) in [5, 5.41) is 0. The van der Waals surface area contributed by atoms with Crippen LogP contribution in [0.5, 0.6) is 0 Å². The van der Waals surface area contributed by atoms with Gasteiger partial charge in [-0.2, -0.15) is 0 Å². The molecule has 0 aliphatic rings. The molecule has 6 heteroatoms. The van der Waals surface area contributed by atoms with E-state index in [4.69, 9.17) is 14.2 Å². The van der Waals surface area contributed by atoms with Crippen LogP contribution in [0.2, 0.25) is 0 Å². The van der Waals surface area contributed by atoms with Gasteiger partial charge in [0.25, 0.3) is 0 Å². The summed E-state index contributed by atoms with van der Waals surface area (Å²) in [4.78, 5) is 25.7. The van der Waals surface area contributed by atoms with Gasteiger partial charge >= 0.3 is 12.1 Å². The molecule has 0 aromatic carbocycles. The van der Waals surface area contributed by atoms with Crippen molar-refractivity contribution >= 4 is 12.1 Å². The molecule has 6 nitrogen and oxygen atoms in total. The van der Waals surface area contributed by atoms with Crippen molar-refractivity contribution in [2.75, 3.05) is 20.4 Å². The molecule has 0 saturated carbocycles. The van der Waals surface area contributed by atoms with Gasteiger partial charge in [0, 0.05) is 7.11 Å². The molecule has 0 spiro atoms. The molecule has 0 N–H and O–H groups in total. The van der Waals surface area contributed by atoms with Crippen molar-refractivity contribution in [3.8, 4) is 0 Å². The first-order valence-electron chi connectivity index (χ1n) is 7.42. The standard InChI is InChI=1S/C15H29NO5/c1-7-9-12(13(17)20-10-8-2)16(11-19-6)14(18)21-15(3,4)5/h12H,7-11H2,1-6H3/t12-/m0/s1.